The number of carbonyl (C=O) groups is 3. The van der Waals surface area contributed by atoms with E-state index in [1.807, 2.05) is 6.92 Å². The van der Waals surface area contributed by atoms with Crippen LogP contribution in [-0.4, -0.2) is 56.9 Å². The molecule has 32 heavy (non-hydrogen) atoms. The molecule has 0 saturated carbocycles. The zero-order valence-corrected chi connectivity index (χ0v) is 20.2. The van der Waals surface area contributed by atoms with E-state index < -0.39 is 24.1 Å². The van der Waals surface area contributed by atoms with Crippen molar-refractivity contribution in [3.63, 3.8) is 0 Å². The topological polar surface area (TPSA) is 106 Å². The maximum Gasteiger partial charge on any atom is 0.414 e. The highest BCUT2D eigenvalue weighted by molar-refractivity contribution is 9.11. The van der Waals surface area contributed by atoms with E-state index in [9.17, 15) is 14.4 Å². The number of carbonyl (C=O) groups excluding carboxylic acids is 3. The molecule has 1 saturated heterocycles. The van der Waals surface area contributed by atoms with Crippen LogP contribution in [0.2, 0.25) is 0 Å². The summed E-state index contributed by atoms with van der Waals surface area (Å²) < 4.78 is 16.5. The third-order valence-corrected chi connectivity index (χ3v) is 6.38. The van der Waals surface area contributed by atoms with Crippen molar-refractivity contribution in [1.29, 1.82) is 0 Å². The number of hydrogen-bond acceptors (Lipinski definition) is 7. The van der Waals surface area contributed by atoms with E-state index in [0.717, 1.165) is 15.0 Å². The van der Waals surface area contributed by atoms with Gasteiger partial charge in [0.2, 0.25) is 5.91 Å². The number of methoxy groups -OCH3 is 1. The molecular weight excluding hydrogens is 502 g/mol. The molecule has 0 radical (unpaired) electrons. The van der Waals surface area contributed by atoms with E-state index in [4.69, 9.17) is 14.2 Å². The van der Waals surface area contributed by atoms with Crippen molar-refractivity contribution in [3.05, 3.63) is 39.7 Å². The van der Waals surface area contributed by atoms with E-state index in [2.05, 4.69) is 26.6 Å². The van der Waals surface area contributed by atoms with Crippen molar-refractivity contribution < 1.29 is 28.6 Å². The van der Waals surface area contributed by atoms with Crippen LogP contribution >= 0.6 is 27.3 Å². The van der Waals surface area contributed by atoms with E-state index in [1.54, 1.807) is 42.2 Å². The van der Waals surface area contributed by atoms with E-state index in [0.29, 0.717) is 23.9 Å². The number of anilines is 2. The van der Waals surface area contributed by atoms with Crippen LogP contribution in [-0.2, 0) is 19.1 Å². The molecule has 0 spiro atoms. The van der Waals surface area contributed by atoms with Gasteiger partial charge < -0.3 is 29.7 Å². The smallest absolute Gasteiger partial charge is 0.399 e. The molecule has 1 aromatic heterocycles. The highest BCUT2D eigenvalue weighted by Crippen LogP contribution is 2.29. The first-order valence-corrected chi connectivity index (χ1v) is 11.5. The molecule has 2 unspecified atom stereocenters. The first kappa shape index (κ1) is 24.2. The van der Waals surface area contributed by atoms with Gasteiger partial charge in [-0.3, -0.25) is 9.59 Å². The number of morpholine rings is 1. The standard InChI is InChI=1S/C21H24BrN3O6S/c1-12-10-14(4-5-15(12)25-8-9-30-11-17(25)26)23-20(27)19(13(2)29-3)24-21(28)31-18-7-6-16(22)32-18/h4-7,10,13,19H,8-9,11H2,1-3H3,(H,23,27)(H,24,28). The normalized spacial score (nSPS) is 15.8. The average Bonchev–Trinajstić information content (AvgIpc) is 3.16. The van der Waals surface area contributed by atoms with Crippen LogP contribution in [0.1, 0.15) is 12.5 Å². The summed E-state index contributed by atoms with van der Waals surface area (Å²) >= 11 is 4.55. The zero-order chi connectivity index (χ0) is 23.3. The Labute approximate surface area is 198 Å². The van der Waals surface area contributed by atoms with Crippen molar-refractivity contribution in [3.8, 4) is 5.06 Å². The lowest BCUT2D eigenvalue weighted by atomic mass is 10.1. The zero-order valence-electron chi connectivity index (χ0n) is 17.8. The molecular formula is C21H24BrN3O6S. The number of thiophene rings is 1. The van der Waals surface area contributed by atoms with Crippen molar-refractivity contribution in [2.24, 2.45) is 0 Å². The van der Waals surface area contributed by atoms with Gasteiger partial charge in [-0.1, -0.05) is 11.3 Å². The molecule has 2 heterocycles. The molecule has 0 aliphatic carbocycles. The maximum atomic E-state index is 12.9. The molecule has 1 aliphatic heterocycles. The van der Waals surface area contributed by atoms with E-state index in [1.165, 1.54) is 18.4 Å². The van der Waals surface area contributed by atoms with Gasteiger partial charge in [-0.15, -0.1) is 0 Å². The molecule has 172 valence electrons. The van der Waals surface area contributed by atoms with E-state index >= 15 is 0 Å². The summed E-state index contributed by atoms with van der Waals surface area (Å²) in [6.45, 7) is 4.54. The minimum Gasteiger partial charge on any atom is -0.399 e. The van der Waals surface area contributed by atoms with Gasteiger partial charge >= 0.3 is 6.09 Å². The van der Waals surface area contributed by atoms with Crippen LogP contribution in [0.3, 0.4) is 0 Å². The highest BCUT2D eigenvalue weighted by atomic mass is 79.9. The number of benzene rings is 1. The summed E-state index contributed by atoms with van der Waals surface area (Å²) in [6.07, 6.45) is -1.37. The highest BCUT2D eigenvalue weighted by Gasteiger charge is 2.28. The third kappa shape index (κ3) is 6.06. The number of ether oxygens (including phenoxy) is 3. The van der Waals surface area contributed by atoms with Gasteiger partial charge in [-0.2, -0.15) is 0 Å². The molecule has 1 aliphatic rings. The van der Waals surface area contributed by atoms with Crippen LogP contribution in [0, 0.1) is 6.92 Å². The molecule has 3 rings (SSSR count). The Balaban J connectivity index is 1.68. The second-order valence-electron chi connectivity index (χ2n) is 7.10. The monoisotopic (exact) mass is 525 g/mol. The van der Waals surface area contributed by atoms with Crippen molar-refractivity contribution in [2.75, 3.05) is 37.1 Å². The first-order chi connectivity index (χ1) is 15.3. The summed E-state index contributed by atoms with van der Waals surface area (Å²) in [6, 6.07) is 7.67. The lowest BCUT2D eigenvalue weighted by Crippen LogP contribution is -2.51. The Kier molecular flexibility index (Phi) is 8.24. The van der Waals surface area contributed by atoms with Crippen LogP contribution in [0.5, 0.6) is 5.06 Å². The van der Waals surface area contributed by atoms with Crippen molar-refractivity contribution >= 4 is 56.5 Å². The lowest BCUT2D eigenvalue weighted by Gasteiger charge is -2.28. The first-order valence-electron chi connectivity index (χ1n) is 9.84. The molecule has 9 nitrogen and oxygen atoms in total. The van der Waals surface area contributed by atoms with Gasteiger partial charge in [0, 0.05) is 25.0 Å². The Bertz CT molecular complexity index is 998. The van der Waals surface area contributed by atoms with Crippen LogP contribution < -0.4 is 20.3 Å². The fourth-order valence-electron chi connectivity index (χ4n) is 3.16. The molecule has 2 aromatic rings. The minimum absolute atomic E-state index is 0.0543. The van der Waals surface area contributed by atoms with Crippen LogP contribution in [0.4, 0.5) is 16.2 Å². The molecule has 2 N–H and O–H groups in total. The number of rotatable bonds is 7. The Morgan fingerprint density at radius 3 is 2.69 bits per heavy atom. The Morgan fingerprint density at radius 1 is 1.28 bits per heavy atom. The van der Waals surface area contributed by atoms with Gasteiger partial charge in [0.25, 0.3) is 5.91 Å². The fraction of sp³-hybridized carbons (Fsp3) is 0.381. The fourth-order valence-corrected chi connectivity index (χ4v) is 4.35. The summed E-state index contributed by atoms with van der Waals surface area (Å²) in [5.74, 6) is -0.566. The number of amides is 3. The van der Waals surface area contributed by atoms with Gasteiger partial charge in [0.1, 0.15) is 12.6 Å². The van der Waals surface area contributed by atoms with Gasteiger partial charge in [0.15, 0.2) is 5.06 Å². The predicted octanol–water partition coefficient (Wildman–Crippen LogP) is 3.31. The van der Waals surface area contributed by atoms with Gasteiger partial charge in [0.05, 0.1) is 16.5 Å². The molecule has 11 heteroatoms. The minimum atomic E-state index is -0.989. The number of aryl methyl sites for hydroxylation is 1. The Hall–Kier alpha value is -2.47. The summed E-state index contributed by atoms with van der Waals surface area (Å²) in [5.41, 5.74) is 2.12. The molecule has 2 atom stereocenters. The number of halogens is 1. The quantitative estimate of drug-likeness (QED) is 0.574. The average molecular weight is 526 g/mol. The lowest BCUT2D eigenvalue weighted by molar-refractivity contribution is -0.125. The van der Waals surface area contributed by atoms with Gasteiger partial charge in [-0.25, -0.2) is 4.79 Å². The SMILES string of the molecule is COC(C)C(NC(=O)Oc1ccc(Br)s1)C(=O)Nc1ccc(N2CCOCC2=O)c(C)c1. The second kappa shape index (κ2) is 10.9. The van der Waals surface area contributed by atoms with E-state index in [-0.39, 0.29) is 12.5 Å². The number of nitrogens with one attached hydrogen (secondary N) is 2. The largest absolute Gasteiger partial charge is 0.414 e. The Morgan fingerprint density at radius 2 is 2.06 bits per heavy atom. The van der Waals surface area contributed by atoms with Gasteiger partial charge in [-0.05, 0) is 65.7 Å². The molecule has 0 bridgehead atoms. The van der Waals surface area contributed by atoms with Crippen LogP contribution in [0.25, 0.3) is 0 Å². The maximum absolute atomic E-state index is 12.9. The molecule has 1 aromatic carbocycles. The number of nitrogens with zero attached hydrogens (tertiary/aromatic N) is 1. The number of hydrogen-bond donors (Lipinski definition) is 2. The summed E-state index contributed by atoms with van der Waals surface area (Å²) in [4.78, 5) is 39.0. The predicted molar refractivity (Wildman–Crippen MR) is 124 cm³/mol. The summed E-state index contributed by atoms with van der Waals surface area (Å²) in [7, 11) is 1.45. The molecule has 1 fully saturated rings. The second-order valence-corrected chi connectivity index (χ2v) is 9.52. The third-order valence-electron chi connectivity index (χ3n) is 4.88. The van der Waals surface area contributed by atoms with Crippen molar-refractivity contribution in [1.82, 2.24) is 5.32 Å². The summed E-state index contributed by atoms with van der Waals surface area (Å²) in [5, 5.41) is 5.74. The van der Waals surface area contributed by atoms with Crippen LogP contribution in [0.15, 0.2) is 34.1 Å². The molecule has 3 amide bonds. The van der Waals surface area contributed by atoms with Crippen molar-refractivity contribution in [2.45, 2.75) is 26.0 Å².